The lowest BCUT2D eigenvalue weighted by molar-refractivity contribution is -0.145. The van der Waals surface area contributed by atoms with Gasteiger partial charge in [-0.15, -0.1) is 11.3 Å². The third-order valence-electron chi connectivity index (χ3n) is 2.71. The standard InChI is InChI=1S/C15H16N2O3S/c1-10-3-5-12(6-4-10)15-17-13(9-21-15)8-20-14(19)7-16-11(2)18/h3-6,9H,7-8H2,1-2H3,(H,16,18). The number of ether oxygens (including phenoxy) is 1. The van der Waals surface area contributed by atoms with E-state index in [0.29, 0.717) is 5.69 Å². The fraction of sp³-hybridized carbons (Fsp3) is 0.267. The molecule has 1 aromatic carbocycles. The lowest BCUT2D eigenvalue weighted by Gasteiger charge is -2.03. The van der Waals surface area contributed by atoms with Crippen molar-refractivity contribution in [3.63, 3.8) is 0 Å². The van der Waals surface area contributed by atoms with Crippen LogP contribution in [0.15, 0.2) is 29.6 Å². The molecule has 0 fully saturated rings. The highest BCUT2D eigenvalue weighted by molar-refractivity contribution is 7.13. The molecule has 0 aliphatic rings. The summed E-state index contributed by atoms with van der Waals surface area (Å²) in [6.45, 7) is 3.37. The molecule has 1 N–H and O–H groups in total. The number of nitrogens with zero attached hydrogens (tertiary/aromatic N) is 1. The molecule has 0 aliphatic carbocycles. The summed E-state index contributed by atoms with van der Waals surface area (Å²) in [5.74, 6) is -0.739. The molecular formula is C15H16N2O3S. The molecule has 1 aromatic heterocycles. The second-order valence-corrected chi connectivity index (χ2v) is 5.44. The van der Waals surface area contributed by atoms with E-state index in [1.807, 2.05) is 36.6 Å². The van der Waals surface area contributed by atoms with Crippen molar-refractivity contribution < 1.29 is 14.3 Å². The zero-order chi connectivity index (χ0) is 15.2. The maximum Gasteiger partial charge on any atom is 0.325 e. The first-order chi connectivity index (χ1) is 10.0. The van der Waals surface area contributed by atoms with Crippen LogP contribution >= 0.6 is 11.3 Å². The summed E-state index contributed by atoms with van der Waals surface area (Å²) in [5.41, 5.74) is 2.94. The van der Waals surface area contributed by atoms with Gasteiger partial charge in [0.25, 0.3) is 0 Å². The van der Waals surface area contributed by atoms with Crippen LogP contribution in [0.2, 0.25) is 0 Å². The van der Waals surface area contributed by atoms with Gasteiger partial charge in [-0.2, -0.15) is 0 Å². The Bertz CT molecular complexity index is 635. The van der Waals surface area contributed by atoms with Crippen LogP contribution in [0.4, 0.5) is 0 Å². The molecule has 2 rings (SSSR count). The molecular weight excluding hydrogens is 288 g/mol. The molecule has 6 heteroatoms. The first-order valence-electron chi connectivity index (χ1n) is 6.46. The van der Waals surface area contributed by atoms with Crippen LogP contribution in [-0.2, 0) is 20.9 Å². The number of rotatable bonds is 5. The average molecular weight is 304 g/mol. The fourth-order valence-corrected chi connectivity index (χ4v) is 2.41. The fourth-order valence-electron chi connectivity index (χ4n) is 1.60. The molecule has 1 amide bonds. The third-order valence-corrected chi connectivity index (χ3v) is 3.65. The number of carbonyl (C=O) groups excluding carboxylic acids is 2. The molecule has 1 heterocycles. The summed E-state index contributed by atoms with van der Waals surface area (Å²) in [6.07, 6.45) is 0. The van der Waals surface area contributed by atoms with Crippen LogP contribution in [-0.4, -0.2) is 23.4 Å². The Morgan fingerprint density at radius 1 is 1.29 bits per heavy atom. The van der Waals surface area contributed by atoms with Gasteiger partial charge in [-0.3, -0.25) is 9.59 Å². The van der Waals surface area contributed by atoms with Crippen molar-refractivity contribution in [1.82, 2.24) is 10.3 Å². The summed E-state index contributed by atoms with van der Waals surface area (Å²) < 4.78 is 5.04. The average Bonchev–Trinajstić information content (AvgIpc) is 2.92. The van der Waals surface area contributed by atoms with Gasteiger partial charge in [0.1, 0.15) is 18.2 Å². The van der Waals surface area contributed by atoms with Crippen LogP contribution in [0.25, 0.3) is 10.6 Å². The van der Waals surface area contributed by atoms with Crippen molar-refractivity contribution in [2.75, 3.05) is 6.54 Å². The molecule has 21 heavy (non-hydrogen) atoms. The summed E-state index contributed by atoms with van der Waals surface area (Å²) in [4.78, 5) is 26.5. The molecule has 0 saturated heterocycles. The molecule has 0 bridgehead atoms. The quantitative estimate of drug-likeness (QED) is 0.861. The van der Waals surface area contributed by atoms with Gasteiger partial charge in [-0.25, -0.2) is 4.98 Å². The largest absolute Gasteiger partial charge is 0.458 e. The van der Waals surface area contributed by atoms with E-state index in [-0.39, 0.29) is 19.1 Å². The molecule has 0 radical (unpaired) electrons. The monoisotopic (exact) mass is 304 g/mol. The van der Waals surface area contributed by atoms with Crippen molar-refractivity contribution in [3.05, 3.63) is 40.9 Å². The van der Waals surface area contributed by atoms with Gasteiger partial charge in [0.15, 0.2) is 0 Å². The molecule has 0 atom stereocenters. The number of aromatic nitrogens is 1. The molecule has 0 aliphatic heterocycles. The Labute approximate surface area is 127 Å². The number of nitrogens with one attached hydrogen (secondary N) is 1. The summed E-state index contributed by atoms with van der Waals surface area (Å²) >= 11 is 1.51. The van der Waals surface area contributed by atoms with Crippen LogP contribution in [0.5, 0.6) is 0 Å². The SMILES string of the molecule is CC(=O)NCC(=O)OCc1csc(-c2ccc(C)cc2)n1. The zero-order valence-electron chi connectivity index (χ0n) is 11.9. The topological polar surface area (TPSA) is 68.3 Å². The highest BCUT2D eigenvalue weighted by Gasteiger charge is 2.08. The van der Waals surface area contributed by atoms with E-state index >= 15 is 0 Å². The maximum absolute atomic E-state index is 11.4. The molecule has 0 unspecified atom stereocenters. The number of esters is 1. The van der Waals surface area contributed by atoms with Crippen LogP contribution < -0.4 is 5.32 Å². The van der Waals surface area contributed by atoms with E-state index in [2.05, 4.69) is 10.3 Å². The number of thiazole rings is 1. The van der Waals surface area contributed by atoms with Gasteiger partial charge in [-0.05, 0) is 6.92 Å². The van der Waals surface area contributed by atoms with Crippen LogP contribution in [0.1, 0.15) is 18.2 Å². The van der Waals surface area contributed by atoms with E-state index in [4.69, 9.17) is 4.74 Å². The summed E-state index contributed by atoms with van der Waals surface area (Å²) in [7, 11) is 0. The van der Waals surface area contributed by atoms with Gasteiger partial charge in [0.2, 0.25) is 5.91 Å². The van der Waals surface area contributed by atoms with Crippen molar-refractivity contribution >= 4 is 23.2 Å². The van der Waals surface area contributed by atoms with Gasteiger partial charge in [0.05, 0.1) is 5.69 Å². The number of hydrogen-bond acceptors (Lipinski definition) is 5. The first kappa shape index (κ1) is 15.2. The lowest BCUT2D eigenvalue weighted by atomic mass is 10.2. The van der Waals surface area contributed by atoms with E-state index in [0.717, 1.165) is 10.6 Å². The first-order valence-corrected chi connectivity index (χ1v) is 7.34. The van der Waals surface area contributed by atoms with Crippen molar-refractivity contribution in [3.8, 4) is 10.6 Å². The number of benzene rings is 1. The zero-order valence-corrected chi connectivity index (χ0v) is 12.7. The predicted octanol–water partition coefficient (Wildman–Crippen LogP) is 2.30. The Morgan fingerprint density at radius 3 is 2.67 bits per heavy atom. The van der Waals surface area contributed by atoms with Gasteiger partial charge in [0, 0.05) is 17.9 Å². The van der Waals surface area contributed by atoms with Crippen molar-refractivity contribution in [2.24, 2.45) is 0 Å². The van der Waals surface area contributed by atoms with E-state index in [1.165, 1.54) is 23.8 Å². The normalized spacial score (nSPS) is 10.2. The minimum Gasteiger partial charge on any atom is -0.458 e. The summed E-state index contributed by atoms with van der Waals surface area (Å²) in [5, 5.41) is 5.14. The molecule has 2 aromatic rings. The minimum absolute atomic E-state index is 0.112. The smallest absolute Gasteiger partial charge is 0.325 e. The number of aryl methyl sites for hydroxylation is 1. The molecule has 0 saturated carbocycles. The lowest BCUT2D eigenvalue weighted by Crippen LogP contribution is -2.28. The Balaban J connectivity index is 1.90. The molecule has 110 valence electrons. The van der Waals surface area contributed by atoms with Gasteiger partial charge >= 0.3 is 5.97 Å². The van der Waals surface area contributed by atoms with Crippen LogP contribution in [0, 0.1) is 6.92 Å². The Kier molecular flexibility index (Phi) is 5.05. The van der Waals surface area contributed by atoms with Gasteiger partial charge < -0.3 is 10.1 Å². The van der Waals surface area contributed by atoms with E-state index < -0.39 is 5.97 Å². The number of amides is 1. The van der Waals surface area contributed by atoms with E-state index in [9.17, 15) is 9.59 Å². The number of carbonyl (C=O) groups is 2. The predicted molar refractivity (Wildman–Crippen MR) is 80.8 cm³/mol. The third kappa shape index (κ3) is 4.68. The molecule has 5 nitrogen and oxygen atoms in total. The van der Waals surface area contributed by atoms with Gasteiger partial charge in [-0.1, -0.05) is 29.8 Å². The number of hydrogen-bond donors (Lipinski definition) is 1. The highest BCUT2D eigenvalue weighted by atomic mass is 32.1. The second-order valence-electron chi connectivity index (χ2n) is 4.58. The summed E-state index contributed by atoms with van der Waals surface area (Å²) in [6, 6.07) is 8.09. The Morgan fingerprint density at radius 2 is 2.00 bits per heavy atom. The van der Waals surface area contributed by atoms with Crippen LogP contribution in [0.3, 0.4) is 0 Å². The van der Waals surface area contributed by atoms with Crippen molar-refractivity contribution in [2.45, 2.75) is 20.5 Å². The highest BCUT2D eigenvalue weighted by Crippen LogP contribution is 2.24. The van der Waals surface area contributed by atoms with Crippen molar-refractivity contribution in [1.29, 1.82) is 0 Å². The maximum atomic E-state index is 11.4. The Hall–Kier alpha value is -2.21. The van der Waals surface area contributed by atoms with E-state index in [1.54, 1.807) is 0 Å². The second kappa shape index (κ2) is 6.99. The minimum atomic E-state index is -0.477. The molecule has 0 spiro atoms.